The van der Waals surface area contributed by atoms with Crippen molar-refractivity contribution in [2.75, 3.05) is 13.1 Å². The van der Waals surface area contributed by atoms with Gasteiger partial charge in [0, 0.05) is 6.42 Å². The lowest BCUT2D eigenvalue weighted by Crippen LogP contribution is -2.48. The van der Waals surface area contributed by atoms with Crippen LogP contribution in [0.25, 0.3) is 0 Å². The zero-order valence-corrected chi connectivity index (χ0v) is 9.32. The van der Waals surface area contributed by atoms with Crippen molar-refractivity contribution in [3.63, 3.8) is 0 Å². The molecule has 0 unspecified atom stereocenters. The van der Waals surface area contributed by atoms with Crippen LogP contribution in [0.2, 0.25) is 0 Å². The molecule has 0 aromatic heterocycles. The first-order valence-electron chi connectivity index (χ1n) is 4.95. The van der Waals surface area contributed by atoms with E-state index >= 15 is 0 Å². The van der Waals surface area contributed by atoms with Crippen LogP contribution in [0.15, 0.2) is 0 Å². The Kier molecular flexibility index (Phi) is 3.34. The van der Waals surface area contributed by atoms with Crippen LogP contribution in [0.1, 0.15) is 27.2 Å². The molecular weight excluding hydrogens is 198 g/mol. The Morgan fingerprint density at radius 1 is 1.53 bits per heavy atom. The average molecular weight is 215 g/mol. The first-order valence-corrected chi connectivity index (χ1v) is 4.95. The number of carbonyl (C=O) groups excluding carboxylic acids is 2. The molecule has 1 atom stereocenters. The number of carbonyl (C=O) groups is 2. The summed E-state index contributed by atoms with van der Waals surface area (Å²) >= 11 is 0. The normalized spacial score (nSPS) is 22.8. The van der Waals surface area contributed by atoms with Gasteiger partial charge in [-0.2, -0.15) is 0 Å². The summed E-state index contributed by atoms with van der Waals surface area (Å²) in [4.78, 5) is 23.9. The van der Waals surface area contributed by atoms with E-state index in [1.807, 2.05) is 0 Å². The summed E-state index contributed by atoms with van der Waals surface area (Å²) in [5.74, 6) is -0.139. The van der Waals surface area contributed by atoms with Crippen LogP contribution in [0, 0.1) is 0 Å². The van der Waals surface area contributed by atoms with Gasteiger partial charge in [-0.3, -0.25) is 9.69 Å². The van der Waals surface area contributed by atoms with E-state index in [0.717, 1.165) is 0 Å². The number of hydrogen-bond donors (Lipinski definition) is 1. The van der Waals surface area contributed by atoms with Crippen molar-refractivity contribution in [2.45, 2.75) is 38.9 Å². The monoisotopic (exact) mass is 215 g/mol. The van der Waals surface area contributed by atoms with Gasteiger partial charge in [0.15, 0.2) is 5.78 Å². The van der Waals surface area contributed by atoms with Gasteiger partial charge < -0.3 is 9.84 Å². The number of amides is 1. The molecule has 1 heterocycles. The second-order valence-corrected chi connectivity index (χ2v) is 4.76. The average Bonchev–Trinajstić information content (AvgIpc) is 1.98. The third-order valence-electron chi connectivity index (χ3n) is 1.91. The molecule has 1 N–H and O–H groups in total. The maximum Gasteiger partial charge on any atom is 0.410 e. The number of piperidine rings is 1. The van der Waals surface area contributed by atoms with E-state index in [1.165, 1.54) is 4.90 Å². The van der Waals surface area contributed by atoms with Gasteiger partial charge in [-0.25, -0.2) is 4.79 Å². The molecule has 1 rings (SSSR count). The molecule has 1 saturated heterocycles. The molecule has 15 heavy (non-hydrogen) atoms. The molecule has 0 bridgehead atoms. The van der Waals surface area contributed by atoms with Crippen molar-refractivity contribution < 1.29 is 19.4 Å². The Hall–Kier alpha value is -1.10. The Labute approximate surface area is 89.0 Å². The zero-order chi connectivity index (χ0) is 11.6. The highest BCUT2D eigenvalue weighted by atomic mass is 16.6. The summed E-state index contributed by atoms with van der Waals surface area (Å²) < 4.78 is 5.10. The molecule has 0 spiro atoms. The third-order valence-corrected chi connectivity index (χ3v) is 1.91. The number of aliphatic hydroxyl groups excluding tert-OH is 1. The summed E-state index contributed by atoms with van der Waals surface area (Å²) in [7, 11) is 0. The first kappa shape index (κ1) is 12.0. The number of hydrogen-bond acceptors (Lipinski definition) is 4. The molecule has 0 aliphatic carbocycles. The highest BCUT2D eigenvalue weighted by molar-refractivity contribution is 5.85. The second kappa shape index (κ2) is 4.18. The van der Waals surface area contributed by atoms with Crippen molar-refractivity contribution in [1.82, 2.24) is 4.90 Å². The van der Waals surface area contributed by atoms with Crippen molar-refractivity contribution in [2.24, 2.45) is 0 Å². The van der Waals surface area contributed by atoms with Crippen LogP contribution in [0.5, 0.6) is 0 Å². The molecule has 5 heteroatoms. The predicted molar refractivity (Wildman–Crippen MR) is 53.4 cm³/mol. The Morgan fingerprint density at radius 2 is 2.13 bits per heavy atom. The second-order valence-electron chi connectivity index (χ2n) is 4.76. The molecule has 1 fully saturated rings. The molecular formula is C10H17NO4. The number of likely N-dealkylation sites (tertiary alicyclic amines) is 1. The Bertz CT molecular complexity index is 269. The smallest absolute Gasteiger partial charge is 0.410 e. The minimum Gasteiger partial charge on any atom is -0.444 e. The number of Topliss-reactive ketones (excluding diaryl/α,β-unsaturated/α-hetero) is 1. The fourth-order valence-corrected chi connectivity index (χ4v) is 1.39. The summed E-state index contributed by atoms with van der Waals surface area (Å²) in [5, 5.41) is 9.33. The van der Waals surface area contributed by atoms with Crippen LogP contribution in [0.4, 0.5) is 4.79 Å². The van der Waals surface area contributed by atoms with E-state index in [9.17, 15) is 14.7 Å². The van der Waals surface area contributed by atoms with Gasteiger partial charge in [0.05, 0.1) is 19.2 Å². The number of β-amino-alcohol motifs (C(OH)–C–C–N with tert-alkyl or cyclic N) is 1. The minimum absolute atomic E-state index is 0.0337. The predicted octanol–water partition coefficient (Wildman–Crippen LogP) is 0.557. The molecule has 86 valence electrons. The first-order chi connectivity index (χ1) is 6.78. The number of ketones is 1. The number of aliphatic hydroxyl groups is 1. The van der Waals surface area contributed by atoms with E-state index in [4.69, 9.17) is 4.74 Å². The number of rotatable bonds is 0. The van der Waals surface area contributed by atoms with E-state index in [2.05, 4.69) is 0 Å². The van der Waals surface area contributed by atoms with Crippen LogP contribution < -0.4 is 0 Å². The van der Waals surface area contributed by atoms with Crippen LogP contribution in [0.3, 0.4) is 0 Å². The molecule has 0 radical (unpaired) electrons. The van der Waals surface area contributed by atoms with Gasteiger partial charge in [0.1, 0.15) is 5.60 Å². The van der Waals surface area contributed by atoms with Crippen molar-refractivity contribution in [1.29, 1.82) is 0 Å². The number of ether oxygens (including phenoxy) is 1. The van der Waals surface area contributed by atoms with Gasteiger partial charge in [0.2, 0.25) is 0 Å². The largest absolute Gasteiger partial charge is 0.444 e. The Morgan fingerprint density at radius 3 is 2.60 bits per heavy atom. The highest BCUT2D eigenvalue weighted by Crippen LogP contribution is 2.13. The number of nitrogens with zero attached hydrogens (tertiary/aromatic N) is 1. The van der Waals surface area contributed by atoms with E-state index < -0.39 is 17.8 Å². The lowest BCUT2D eigenvalue weighted by Gasteiger charge is -2.31. The molecule has 1 aliphatic rings. The molecule has 5 nitrogen and oxygen atoms in total. The lowest BCUT2D eigenvalue weighted by molar-refractivity contribution is -0.125. The van der Waals surface area contributed by atoms with E-state index in [-0.39, 0.29) is 25.3 Å². The molecule has 0 aromatic rings. The lowest BCUT2D eigenvalue weighted by atomic mass is 10.1. The van der Waals surface area contributed by atoms with Gasteiger partial charge in [0.25, 0.3) is 0 Å². The van der Waals surface area contributed by atoms with Gasteiger partial charge >= 0.3 is 6.09 Å². The molecule has 0 saturated carbocycles. The van der Waals surface area contributed by atoms with Crippen molar-refractivity contribution in [3.8, 4) is 0 Å². The van der Waals surface area contributed by atoms with E-state index in [0.29, 0.717) is 0 Å². The zero-order valence-electron chi connectivity index (χ0n) is 9.32. The molecule has 0 aromatic carbocycles. The maximum absolute atomic E-state index is 11.5. The van der Waals surface area contributed by atoms with Crippen LogP contribution in [-0.4, -0.2) is 46.7 Å². The van der Waals surface area contributed by atoms with Gasteiger partial charge in [-0.1, -0.05) is 0 Å². The topological polar surface area (TPSA) is 66.8 Å². The maximum atomic E-state index is 11.5. The minimum atomic E-state index is -0.765. The van der Waals surface area contributed by atoms with Gasteiger partial charge in [-0.15, -0.1) is 0 Å². The fourth-order valence-electron chi connectivity index (χ4n) is 1.39. The van der Waals surface area contributed by atoms with Crippen LogP contribution >= 0.6 is 0 Å². The SMILES string of the molecule is CC(C)(C)OC(=O)N1CC(=O)C[C@@H](O)C1. The Balaban J connectivity index is 2.56. The summed E-state index contributed by atoms with van der Waals surface area (Å²) in [6.45, 7) is 5.47. The standard InChI is InChI=1S/C10H17NO4/c1-10(2,3)15-9(14)11-5-7(12)4-8(13)6-11/h7,12H,4-6H2,1-3H3/t7-/m1/s1. The van der Waals surface area contributed by atoms with Crippen molar-refractivity contribution in [3.05, 3.63) is 0 Å². The highest BCUT2D eigenvalue weighted by Gasteiger charge is 2.30. The van der Waals surface area contributed by atoms with Crippen LogP contribution in [-0.2, 0) is 9.53 Å². The fraction of sp³-hybridized carbons (Fsp3) is 0.800. The summed E-state index contributed by atoms with van der Waals surface area (Å²) in [6, 6.07) is 0. The summed E-state index contributed by atoms with van der Waals surface area (Å²) in [6.07, 6.45) is -1.19. The molecule has 1 aliphatic heterocycles. The van der Waals surface area contributed by atoms with Gasteiger partial charge in [-0.05, 0) is 20.8 Å². The quantitative estimate of drug-likeness (QED) is 0.641. The third kappa shape index (κ3) is 3.87. The van der Waals surface area contributed by atoms with E-state index in [1.54, 1.807) is 20.8 Å². The summed E-state index contributed by atoms with van der Waals surface area (Å²) in [5.41, 5.74) is -0.581. The molecule has 1 amide bonds. The van der Waals surface area contributed by atoms with Crippen molar-refractivity contribution >= 4 is 11.9 Å².